The number of carbonyl (C=O) groups is 2. The van der Waals surface area contributed by atoms with E-state index in [2.05, 4.69) is 26.6 Å². The second-order valence-electron chi connectivity index (χ2n) is 5.42. The molecule has 0 atom stereocenters. The number of ether oxygens (including phenoxy) is 2. The lowest BCUT2D eigenvalue weighted by molar-refractivity contribution is -0.116. The number of fused-ring (bicyclic) bond motifs is 1. The first-order valence-electron chi connectivity index (χ1n) is 7.85. The number of hydrogen-bond acceptors (Lipinski definition) is 4. The van der Waals surface area contributed by atoms with Gasteiger partial charge in [-0.25, -0.2) is 0 Å². The minimum atomic E-state index is -0.209. The van der Waals surface area contributed by atoms with Gasteiger partial charge >= 0.3 is 0 Å². The Hall–Kier alpha value is -2.54. The standard InChI is InChI=1S/C18H17BrN2O4/c19-13-3-1-12(2-4-13)18(23)20-8-7-17(22)21-14-5-6-15-16(11-14)25-10-9-24-15/h1-6,11H,7-10H2,(H,20,23)(H,21,22). The van der Waals surface area contributed by atoms with Crippen LogP contribution in [-0.2, 0) is 4.79 Å². The van der Waals surface area contributed by atoms with Gasteiger partial charge in [-0.3, -0.25) is 9.59 Å². The molecule has 2 N–H and O–H groups in total. The number of rotatable bonds is 5. The lowest BCUT2D eigenvalue weighted by atomic mass is 10.2. The normalized spacial score (nSPS) is 12.4. The zero-order chi connectivity index (χ0) is 17.6. The Morgan fingerprint density at radius 1 is 1.00 bits per heavy atom. The summed E-state index contributed by atoms with van der Waals surface area (Å²) in [5.74, 6) is 0.894. The van der Waals surface area contributed by atoms with Crippen molar-refractivity contribution >= 4 is 33.4 Å². The second kappa shape index (κ2) is 8.02. The molecule has 0 fully saturated rings. The third kappa shape index (κ3) is 4.73. The van der Waals surface area contributed by atoms with Crippen molar-refractivity contribution < 1.29 is 19.1 Å². The smallest absolute Gasteiger partial charge is 0.251 e. The van der Waals surface area contributed by atoms with E-state index in [1.165, 1.54) is 0 Å². The predicted octanol–water partition coefficient (Wildman–Crippen LogP) is 2.98. The first-order valence-corrected chi connectivity index (χ1v) is 8.64. The molecule has 3 rings (SSSR count). The summed E-state index contributed by atoms with van der Waals surface area (Å²) in [6.07, 6.45) is 0.177. The van der Waals surface area contributed by atoms with Crippen molar-refractivity contribution in [3.05, 3.63) is 52.5 Å². The minimum absolute atomic E-state index is 0.177. The highest BCUT2D eigenvalue weighted by atomic mass is 79.9. The molecule has 0 unspecified atom stereocenters. The Morgan fingerprint density at radius 3 is 2.48 bits per heavy atom. The van der Waals surface area contributed by atoms with Gasteiger partial charge in [0.05, 0.1) is 0 Å². The van der Waals surface area contributed by atoms with Crippen LogP contribution in [0.1, 0.15) is 16.8 Å². The van der Waals surface area contributed by atoms with E-state index >= 15 is 0 Å². The number of halogens is 1. The monoisotopic (exact) mass is 404 g/mol. The number of benzene rings is 2. The molecule has 7 heteroatoms. The van der Waals surface area contributed by atoms with Gasteiger partial charge in [0.25, 0.3) is 5.91 Å². The SMILES string of the molecule is O=C(CCNC(=O)c1ccc(Br)cc1)Nc1ccc2c(c1)OCCO2. The van der Waals surface area contributed by atoms with E-state index in [0.29, 0.717) is 36.0 Å². The molecule has 1 aliphatic rings. The highest BCUT2D eigenvalue weighted by Crippen LogP contribution is 2.32. The molecule has 0 saturated carbocycles. The van der Waals surface area contributed by atoms with Crippen molar-refractivity contribution in [1.82, 2.24) is 5.32 Å². The molecule has 0 saturated heterocycles. The summed E-state index contributed by atoms with van der Waals surface area (Å²) in [4.78, 5) is 24.0. The Balaban J connectivity index is 1.46. The van der Waals surface area contributed by atoms with Gasteiger partial charge in [-0.15, -0.1) is 0 Å². The number of carbonyl (C=O) groups excluding carboxylic acids is 2. The largest absolute Gasteiger partial charge is 0.486 e. The van der Waals surface area contributed by atoms with E-state index in [0.717, 1.165) is 4.47 Å². The molecular formula is C18H17BrN2O4. The number of nitrogens with one attached hydrogen (secondary N) is 2. The summed E-state index contributed by atoms with van der Waals surface area (Å²) in [5.41, 5.74) is 1.18. The van der Waals surface area contributed by atoms with Crippen LogP contribution in [-0.4, -0.2) is 31.6 Å². The zero-order valence-electron chi connectivity index (χ0n) is 13.4. The molecule has 0 aliphatic carbocycles. The molecule has 1 aliphatic heterocycles. The van der Waals surface area contributed by atoms with E-state index in [9.17, 15) is 9.59 Å². The first-order chi connectivity index (χ1) is 12.1. The Labute approximate surface area is 153 Å². The highest BCUT2D eigenvalue weighted by Gasteiger charge is 2.13. The fraction of sp³-hybridized carbons (Fsp3) is 0.222. The van der Waals surface area contributed by atoms with Crippen LogP contribution in [0.25, 0.3) is 0 Å². The fourth-order valence-corrected chi connectivity index (χ4v) is 2.60. The lowest BCUT2D eigenvalue weighted by Gasteiger charge is -2.19. The zero-order valence-corrected chi connectivity index (χ0v) is 15.0. The average Bonchev–Trinajstić information content (AvgIpc) is 2.62. The Morgan fingerprint density at radius 2 is 1.72 bits per heavy atom. The first kappa shape index (κ1) is 17.3. The van der Waals surface area contributed by atoms with Crippen LogP contribution in [0.15, 0.2) is 46.9 Å². The van der Waals surface area contributed by atoms with E-state index < -0.39 is 0 Å². The molecule has 2 aromatic rings. The van der Waals surface area contributed by atoms with Gasteiger partial charge in [0.1, 0.15) is 13.2 Å². The van der Waals surface area contributed by atoms with Crippen molar-refractivity contribution in [3.63, 3.8) is 0 Å². The predicted molar refractivity (Wildman–Crippen MR) is 97.2 cm³/mol. The molecule has 0 aromatic heterocycles. The summed E-state index contributed by atoms with van der Waals surface area (Å²) in [7, 11) is 0. The summed E-state index contributed by atoms with van der Waals surface area (Å²) in [5, 5.41) is 5.51. The minimum Gasteiger partial charge on any atom is -0.486 e. The number of hydrogen-bond donors (Lipinski definition) is 2. The number of anilines is 1. The molecule has 130 valence electrons. The maximum absolute atomic E-state index is 12.0. The summed E-state index contributed by atoms with van der Waals surface area (Å²) in [6, 6.07) is 12.3. The van der Waals surface area contributed by atoms with Gasteiger partial charge in [-0.2, -0.15) is 0 Å². The molecule has 2 amide bonds. The van der Waals surface area contributed by atoms with E-state index in [4.69, 9.17) is 9.47 Å². The van der Waals surface area contributed by atoms with Crippen molar-refractivity contribution in [3.8, 4) is 11.5 Å². The summed E-state index contributed by atoms with van der Waals surface area (Å²) < 4.78 is 11.8. The lowest BCUT2D eigenvalue weighted by Crippen LogP contribution is -2.27. The third-order valence-corrected chi connectivity index (χ3v) is 4.10. The van der Waals surface area contributed by atoms with Crippen molar-refractivity contribution in [1.29, 1.82) is 0 Å². The van der Waals surface area contributed by atoms with Crippen LogP contribution in [0.3, 0.4) is 0 Å². The van der Waals surface area contributed by atoms with Gasteiger partial charge < -0.3 is 20.1 Å². The summed E-state index contributed by atoms with van der Waals surface area (Å²) >= 11 is 3.32. The second-order valence-corrected chi connectivity index (χ2v) is 6.34. The third-order valence-electron chi connectivity index (χ3n) is 3.57. The molecule has 6 nitrogen and oxygen atoms in total. The Kier molecular flexibility index (Phi) is 5.55. The molecule has 2 aromatic carbocycles. The fourth-order valence-electron chi connectivity index (χ4n) is 2.34. The quantitative estimate of drug-likeness (QED) is 0.802. The molecule has 0 spiro atoms. The van der Waals surface area contributed by atoms with Gasteiger partial charge in [0, 0.05) is 34.8 Å². The van der Waals surface area contributed by atoms with Gasteiger partial charge in [0.2, 0.25) is 5.91 Å². The van der Waals surface area contributed by atoms with Gasteiger partial charge in [-0.05, 0) is 36.4 Å². The van der Waals surface area contributed by atoms with Crippen molar-refractivity contribution in [2.45, 2.75) is 6.42 Å². The molecule has 1 heterocycles. The van der Waals surface area contributed by atoms with Crippen LogP contribution in [0.2, 0.25) is 0 Å². The van der Waals surface area contributed by atoms with Gasteiger partial charge in [0.15, 0.2) is 11.5 Å². The maximum Gasteiger partial charge on any atom is 0.251 e. The van der Waals surface area contributed by atoms with E-state index in [-0.39, 0.29) is 24.8 Å². The number of amides is 2. The average molecular weight is 405 g/mol. The van der Waals surface area contributed by atoms with Crippen LogP contribution in [0.5, 0.6) is 11.5 Å². The van der Waals surface area contributed by atoms with Gasteiger partial charge in [-0.1, -0.05) is 15.9 Å². The molecular weight excluding hydrogens is 388 g/mol. The van der Waals surface area contributed by atoms with Crippen LogP contribution in [0, 0.1) is 0 Å². The summed E-state index contributed by atoms with van der Waals surface area (Å²) in [6.45, 7) is 1.27. The maximum atomic E-state index is 12.0. The van der Waals surface area contributed by atoms with Crippen molar-refractivity contribution in [2.75, 3.05) is 25.1 Å². The van der Waals surface area contributed by atoms with Crippen LogP contribution in [0.4, 0.5) is 5.69 Å². The van der Waals surface area contributed by atoms with E-state index in [1.54, 1.807) is 42.5 Å². The highest BCUT2D eigenvalue weighted by molar-refractivity contribution is 9.10. The van der Waals surface area contributed by atoms with Crippen LogP contribution < -0.4 is 20.1 Å². The molecule has 25 heavy (non-hydrogen) atoms. The molecule has 0 radical (unpaired) electrons. The van der Waals surface area contributed by atoms with E-state index in [1.807, 2.05) is 0 Å². The van der Waals surface area contributed by atoms with Crippen molar-refractivity contribution in [2.24, 2.45) is 0 Å². The molecule has 0 bridgehead atoms. The Bertz CT molecular complexity index is 777. The van der Waals surface area contributed by atoms with Crippen LogP contribution >= 0.6 is 15.9 Å². The topological polar surface area (TPSA) is 76.7 Å².